The van der Waals surface area contributed by atoms with Crippen LogP contribution in [0.4, 0.5) is 5.69 Å². The van der Waals surface area contributed by atoms with Crippen LogP contribution in [0.2, 0.25) is 0 Å². The molecule has 1 aliphatic rings. The zero-order chi connectivity index (χ0) is 17.3. The summed E-state index contributed by atoms with van der Waals surface area (Å²) in [7, 11) is 2.06. The monoisotopic (exact) mass is 344 g/mol. The Kier molecular flexibility index (Phi) is 4.66. The normalized spacial score (nSPS) is 14.1. The van der Waals surface area contributed by atoms with Crippen LogP contribution in [-0.4, -0.2) is 28.5 Å². The summed E-state index contributed by atoms with van der Waals surface area (Å²) in [5.74, 6) is 1.89. The number of aryl methyl sites for hydroxylation is 2. The summed E-state index contributed by atoms with van der Waals surface area (Å²) in [6.45, 7) is 3.86. The van der Waals surface area contributed by atoms with E-state index in [9.17, 15) is 4.21 Å². The van der Waals surface area contributed by atoms with Gasteiger partial charge in [0.1, 0.15) is 16.5 Å². The van der Waals surface area contributed by atoms with Crippen LogP contribution in [0, 0.1) is 13.8 Å². The third-order valence-corrected chi connectivity index (χ3v) is 5.33. The average Bonchev–Trinajstić information content (AvgIpc) is 2.97. The quantitative estimate of drug-likeness (QED) is 0.854. The summed E-state index contributed by atoms with van der Waals surface area (Å²) in [4.78, 5) is 9.02. The van der Waals surface area contributed by atoms with E-state index in [-0.39, 0.29) is 0 Å². The Morgan fingerprint density at radius 1 is 1.17 bits per heavy atom. The second kappa shape index (κ2) is 6.73. The highest BCUT2D eigenvalue weighted by atomic mass is 32.2. The van der Waals surface area contributed by atoms with Crippen LogP contribution < -0.4 is 9.47 Å². The Balaban J connectivity index is 1.79. The molecule has 0 spiro atoms. The molecule has 3 rings (SSSR count). The molecule has 0 amide bonds. The largest absolute Gasteiger partial charge is 0.497 e. The predicted octanol–water partition coefficient (Wildman–Crippen LogP) is 3.25. The van der Waals surface area contributed by atoms with Gasteiger partial charge in [-0.2, -0.15) is 0 Å². The molecule has 0 radical (unpaired) electrons. The van der Waals surface area contributed by atoms with Crippen LogP contribution in [-0.2, 0) is 23.0 Å². The summed E-state index contributed by atoms with van der Waals surface area (Å²) in [5, 5.41) is 0.686. The van der Waals surface area contributed by atoms with Gasteiger partial charge in [0.05, 0.1) is 47.8 Å². The predicted molar refractivity (Wildman–Crippen MR) is 95.9 cm³/mol. The fourth-order valence-electron chi connectivity index (χ4n) is 2.89. The number of pyridine rings is 1. The first-order valence-corrected chi connectivity index (χ1v) is 8.97. The first-order valence-electron chi connectivity index (χ1n) is 7.65. The Bertz CT molecular complexity index is 823. The van der Waals surface area contributed by atoms with Crippen LogP contribution in [0.25, 0.3) is 0 Å². The summed E-state index contributed by atoms with van der Waals surface area (Å²) in [6.07, 6.45) is 0.611. The van der Waals surface area contributed by atoms with E-state index in [2.05, 4.69) is 9.98 Å². The number of methoxy groups -OCH3 is 2. The van der Waals surface area contributed by atoms with Gasteiger partial charge in [-0.1, -0.05) is 6.07 Å². The van der Waals surface area contributed by atoms with E-state index in [1.165, 1.54) is 0 Å². The van der Waals surface area contributed by atoms with Gasteiger partial charge in [-0.3, -0.25) is 9.19 Å². The summed E-state index contributed by atoms with van der Waals surface area (Å²) >= 11 is 0. The van der Waals surface area contributed by atoms with Crippen LogP contribution >= 0.6 is 0 Å². The molecule has 6 heteroatoms. The SMILES string of the molecule is COc1ccc2c(c1)N=C(S(=O)Cc1cc(C)c(OC)c(C)n1)C2. The molecular formula is C18H20N2O3S. The van der Waals surface area contributed by atoms with E-state index in [1.807, 2.05) is 38.1 Å². The Morgan fingerprint density at radius 3 is 2.62 bits per heavy atom. The molecule has 24 heavy (non-hydrogen) atoms. The minimum Gasteiger partial charge on any atom is -0.497 e. The maximum atomic E-state index is 12.7. The van der Waals surface area contributed by atoms with E-state index in [4.69, 9.17) is 9.47 Å². The summed E-state index contributed by atoms with van der Waals surface area (Å²) < 4.78 is 23.2. The smallest absolute Gasteiger partial charge is 0.142 e. The molecule has 0 fully saturated rings. The van der Waals surface area contributed by atoms with Gasteiger partial charge in [0.25, 0.3) is 0 Å². The van der Waals surface area contributed by atoms with Gasteiger partial charge >= 0.3 is 0 Å². The van der Waals surface area contributed by atoms with Gasteiger partial charge in [-0.05, 0) is 37.1 Å². The number of aliphatic imine (C=N–C) groups is 1. The molecule has 1 unspecified atom stereocenters. The van der Waals surface area contributed by atoms with Crippen molar-refractivity contribution in [2.45, 2.75) is 26.0 Å². The third kappa shape index (κ3) is 3.19. The minimum absolute atomic E-state index is 0.357. The van der Waals surface area contributed by atoms with Crippen molar-refractivity contribution in [1.82, 2.24) is 4.98 Å². The standard InChI is InChI=1S/C18H20N2O3S/c1-11-7-14(19-12(2)18(11)23-4)10-24(21)17-8-13-5-6-15(22-3)9-16(13)20-17/h5-7,9H,8,10H2,1-4H3. The second-order valence-corrected chi connectivity index (χ2v) is 7.17. The molecule has 0 saturated heterocycles. The lowest BCUT2D eigenvalue weighted by molar-refractivity contribution is 0.405. The molecule has 1 aromatic carbocycles. The van der Waals surface area contributed by atoms with Crippen molar-refractivity contribution in [3.63, 3.8) is 0 Å². The van der Waals surface area contributed by atoms with E-state index >= 15 is 0 Å². The van der Waals surface area contributed by atoms with Crippen molar-refractivity contribution in [2.75, 3.05) is 14.2 Å². The van der Waals surface area contributed by atoms with E-state index in [0.717, 1.165) is 39.7 Å². The number of nitrogens with zero attached hydrogens (tertiary/aromatic N) is 2. The van der Waals surface area contributed by atoms with Gasteiger partial charge in [0, 0.05) is 12.5 Å². The van der Waals surface area contributed by atoms with E-state index in [0.29, 0.717) is 17.2 Å². The molecular weight excluding hydrogens is 324 g/mol. The topological polar surface area (TPSA) is 60.8 Å². The van der Waals surface area contributed by atoms with Crippen molar-refractivity contribution in [2.24, 2.45) is 4.99 Å². The third-order valence-electron chi connectivity index (χ3n) is 4.01. The van der Waals surface area contributed by atoms with Crippen LogP contribution in [0.15, 0.2) is 29.3 Å². The first kappa shape index (κ1) is 16.6. The van der Waals surface area contributed by atoms with Crippen LogP contribution in [0.1, 0.15) is 22.5 Å². The molecule has 0 aliphatic carbocycles. The molecule has 5 nitrogen and oxygen atoms in total. The zero-order valence-electron chi connectivity index (χ0n) is 14.3. The van der Waals surface area contributed by atoms with E-state index in [1.54, 1.807) is 14.2 Å². The molecule has 2 aromatic rings. The van der Waals surface area contributed by atoms with E-state index < -0.39 is 10.8 Å². The van der Waals surface area contributed by atoms with Crippen molar-refractivity contribution in [3.8, 4) is 11.5 Å². The molecule has 1 aliphatic heterocycles. The highest BCUT2D eigenvalue weighted by Crippen LogP contribution is 2.32. The minimum atomic E-state index is -1.20. The fraction of sp³-hybridized carbons (Fsp3) is 0.333. The number of hydrogen-bond acceptors (Lipinski definition) is 5. The van der Waals surface area contributed by atoms with Crippen molar-refractivity contribution < 1.29 is 13.7 Å². The molecule has 0 N–H and O–H groups in total. The Morgan fingerprint density at radius 2 is 1.96 bits per heavy atom. The Hall–Kier alpha value is -2.21. The lowest BCUT2D eigenvalue weighted by Crippen LogP contribution is -2.11. The summed E-state index contributed by atoms with van der Waals surface area (Å²) in [6, 6.07) is 7.68. The number of aromatic nitrogens is 1. The maximum Gasteiger partial charge on any atom is 0.142 e. The first-order chi connectivity index (χ1) is 11.5. The Labute approximate surface area is 144 Å². The summed E-state index contributed by atoms with van der Waals surface area (Å²) in [5.41, 5.74) is 4.52. The van der Waals surface area contributed by atoms with Crippen LogP contribution in [0.3, 0.4) is 0 Å². The number of ether oxygens (including phenoxy) is 2. The molecule has 0 saturated carbocycles. The van der Waals surface area contributed by atoms with Crippen molar-refractivity contribution in [3.05, 3.63) is 46.8 Å². The van der Waals surface area contributed by atoms with Gasteiger partial charge < -0.3 is 9.47 Å². The molecule has 2 heterocycles. The van der Waals surface area contributed by atoms with Gasteiger partial charge in [-0.25, -0.2) is 4.99 Å². The zero-order valence-corrected chi connectivity index (χ0v) is 15.1. The van der Waals surface area contributed by atoms with Gasteiger partial charge in [0.15, 0.2) is 0 Å². The van der Waals surface area contributed by atoms with Gasteiger partial charge in [0.2, 0.25) is 0 Å². The van der Waals surface area contributed by atoms with Crippen molar-refractivity contribution >= 4 is 21.5 Å². The van der Waals surface area contributed by atoms with Gasteiger partial charge in [-0.15, -0.1) is 0 Å². The van der Waals surface area contributed by atoms with Crippen molar-refractivity contribution in [1.29, 1.82) is 0 Å². The second-order valence-electron chi connectivity index (χ2n) is 5.72. The number of hydrogen-bond donors (Lipinski definition) is 0. The number of rotatable bonds is 4. The fourth-order valence-corrected chi connectivity index (χ4v) is 3.99. The molecule has 126 valence electrons. The highest BCUT2D eigenvalue weighted by Gasteiger charge is 2.21. The lowest BCUT2D eigenvalue weighted by atomic mass is 10.1. The lowest BCUT2D eigenvalue weighted by Gasteiger charge is -2.10. The number of fused-ring (bicyclic) bond motifs is 1. The molecule has 0 bridgehead atoms. The molecule has 1 atom stereocenters. The average molecular weight is 344 g/mol. The maximum absolute atomic E-state index is 12.7. The van der Waals surface area contributed by atoms with Crippen LogP contribution in [0.5, 0.6) is 11.5 Å². The number of benzene rings is 1. The highest BCUT2D eigenvalue weighted by molar-refractivity contribution is 8.00. The molecule has 1 aromatic heterocycles.